The molecule has 1 heterocycles. The Morgan fingerprint density at radius 3 is 2.30 bits per heavy atom. The summed E-state index contributed by atoms with van der Waals surface area (Å²) in [5.74, 6) is -2.09. The number of fused-ring (bicyclic) bond motifs is 2. The van der Waals surface area contributed by atoms with Crippen molar-refractivity contribution in [2.45, 2.75) is 13.5 Å². The van der Waals surface area contributed by atoms with E-state index in [2.05, 4.69) is 0 Å². The quantitative estimate of drug-likeness (QED) is 0.631. The first-order chi connectivity index (χ1) is 12.9. The number of aryl methyl sites for hydroxylation is 1. The summed E-state index contributed by atoms with van der Waals surface area (Å²) in [4.78, 5) is 27.8. The number of nitrogens with zero attached hydrogens (tertiary/aromatic N) is 1. The molecule has 1 saturated heterocycles. The van der Waals surface area contributed by atoms with E-state index < -0.39 is 17.3 Å². The lowest BCUT2D eigenvalue weighted by atomic mass is 9.81. The largest absolute Gasteiger partial charge is 0.507 e. The summed E-state index contributed by atoms with van der Waals surface area (Å²) in [6, 6.07) is 4.16. The third-order valence-electron chi connectivity index (χ3n) is 5.07. The van der Waals surface area contributed by atoms with Crippen LogP contribution in [0.2, 0.25) is 0 Å². The van der Waals surface area contributed by atoms with Gasteiger partial charge in [0.05, 0.1) is 29.9 Å². The van der Waals surface area contributed by atoms with Gasteiger partial charge in [0.15, 0.2) is 5.78 Å². The summed E-state index contributed by atoms with van der Waals surface area (Å²) in [7, 11) is 0. The highest BCUT2D eigenvalue weighted by atomic mass is 16.5. The maximum Gasteiger partial charge on any atom is 0.201 e. The van der Waals surface area contributed by atoms with Crippen LogP contribution in [0.25, 0.3) is 0 Å². The molecule has 0 radical (unpaired) electrons. The summed E-state index contributed by atoms with van der Waals surface area (Å²) in [5.41, 5.74) is 0.548. The van der Waals surface area contributed by atoms with Crippen molar-refractivity contribution in [1.82, 2.24) is 4.90 Å². The molecule has 0 atom stereocenters. The number of aromatic hydroxyl groups is 3. The molecular weight excluding hydrogens is 350 g/mol. The van der Waals surface area contributed by atoms with Gasteiger partial charge in [-0.3, -0.25) is 14.5 Å². The summed E-state index contributed by atoms with van der Waals surface area (Å²) in [6.07, 6.45) is 0. The molecule has 7 heteroatoms. The molecular formula is C20H19NO6. The third-order valence-corrected chi connectivity index (χ3v) is 5.07. The molecule has 2 aliphatic rings. The van der Waals surface area contributed by atoms with E-state index in [-0.39, 0.29) is 45.9 Å². The maximum absolute atomic E-state index is 13.0. The van der Waals surface area contributed by atoms with Gasteiger partial charge in [0.2, 0.25) is 5.78 Å². The number of ketones is 2. The fraction of sp³-hybridized carbons (Fsp3) is 0.300. The van der Waals surface area contributed by atoms with Crippen molar-refractivity contribution in [3.63, 3.8) is 0 Å². The minimum atomic E-state index is -0.627. The van der Waals surface area contributed by atoms with Crippen LogP contribution in [0.3, 0.4) is 0 Å². The van der Waals surface area contributed by atoms with E-state index in [4.69, 9.17) is 4.74 Å². The Morgan fingerprint density at radius 2 is 1.59 bits per heavy atom. The molecule has 3 N–H and O–H groups in total. The second-order valence-electron chi connectivity index (χ2n) is 6.90. The van der Waals surface area contributed by atoms with Crippen LogP contribution in [0.15, 0.2) is 18.2 Å². The molecule has 0 aromatic heterocycles. The number of hydrogen-bond donors (Lipinski definition) is 3. The van der Waals surface area contributed by atoms with Crippen molar-refractivity contribution in [2.75, 3.05) is 26.3 Å². The number of carbonyl (C=O) groups excluding carboxylic acids is 2. The summed E-state index contributed by atoms with van der Waals surface area (Å²) in [5, 5.41) is 31.3. The fourth-order valence-corrected chi connectivity index (χ4v) is 3.70. The Labute approximate surface area is 155 Å². The van der Waals surface area contributed by atoms with Crippen LogP contribution in [-0.2, 0) is 11.3 Å². The summed E-state index contributed by atoms with van der Waals surface area (Å²) < 4.78 is 5.29. The second-order valence-corrected chi connectivity index (χ2v) is 6.90. The number of rotatable bonds is 2. The second kappa shape index (κ2) is 6.37. The Hall–Kier alpha value is -2.90. The number of ether oxygens (including phenoxy) is 1. The van der Waals surface area contributed by atoms with Crippen LogP contribution in [0.5, 0.6) is 17.2 Å². The molecule has 4 rings (SSSR count). The van der Waals surface area contributed by atoms with Crippen LogP contribution in [0.1, 0.15) is 43.0 Å². The minimum Gasteiger partial charge on any atom is -0.507 e. The van der Waals surface area contributed by atoms with Gasteiger partial charge in [-0.05, 0) is 30.7 Å². The number of phenolic OH excluding ortho intramolecular Hbond substituents is 3. The summed E-state index contributed by atoms with van der Waals surface area (Å²) >= 11 is 0. The molecule has 1 fully saturated rings. The van der Waals surface area contributed by atoms with E-state index in [1.807, 2.05) is 4.90 Å². The lowest BCUT2D eigenvalue weighted by Gasteiger charge is -2.28. The molecule has 7 nitrogen and oxygen atoms in total. The molecule has 0 bridgehead atoms. The SMILES string of the molecule is Cc1cc(O)c2c(c1)C(=O)c1cc(O)c(CN3CCOCC3)c(O)c1C2=O. The van der Waals surface area contributed by atoms with Gasteiger partial charge in [-0.25, -0.2) is 0 Å². The Morgan fingerprint density at radius 1 is 0.926 bits per heavy atom. The first-order valence-electron chi connectivity index (χ1n) is 8.69. The first-order valence-corrected chi connectivity index (χ1v) is 8.69. The lowest BCUT2D eigenvalue weighted by Crippen LogP contribution is -2.35. The predicted octanol–water partition coefficient (Wildman–Crippen LogP) is 1.72. The molecule has 27 heavy (non-hydrogen) atoms. The van der Waals surface area contributed by atoms with Gasteiger partial charge in [0.1, 0.15) is 17.2 Å². The molecule has 2 aromatic carbocycles. The highest BCUT2D eigenvalue weighted by molar-refractivity contribution is 6.30. The zero-order valence-corrected chi connectivity index (χ0v) is 14.8. The molecule has 1 aliphatic carbocycles. The molecule has 0 saturated carbocycles. The van der Waals surface area contributed by atoms with Gasteiger partial charge in [-0.2, -0.15) is 0 Å². The number of hydrogen-bond acceptors (Lipinski definition) is 7. The van der Waals surface area contributed by atoms with E-state index in [1.54, 1.807) is 6.92 Å². The van der Waals surface area contributed by atoms with Gasteiger partial charge in [-0.1, -0.05) is 0 Å². The molecule has 2 aromatic rings. The van der Waals surface area contributed by atoms with Crippen LogP contribution in [0, 0.1) is 6.92 Å². The predicted molar refractivity (Wildman–Crippen MR) is 95.6 cm³/mol. The number of benzene rings is 2. The summed E-state index contributed by atoms with van der Waals surface area (Å²) in [6.45, 7) is 4.28. The van der Waals surface area contributed by atoms with Crippen molar-refractivity contribution in [2.24, 2.45) is 0 Å². The number of carbonyl (C=O) groups is 2. The van der Waals surface area contributed by atoms with Gasteiger partial charge < -0.3 is 20.1 Å². The normalized spacial score (nSPS) is 16.9. The zero-order chi connectivity index (χ0) is 19.3. The monoisotopic (exact) mass is 369 g/mol. The van der Waals surface area contributed by atoms with E-state index >= 15 is 0 Å². The fourth-order valence-electron chi connectivity index (χ4n) is 3.70. The van der Waals surface area contributed by atoms with Crippen molar-refractivity contribution in [3.8, 4) is 17.2 Å². The van der Waals surface area contributed by atoms with Crippen LogP contribution >= 0.6 is 0 Å². The van der Waals surface area contributed by atoms with E-state index in [0.29, 0.717) is 31.9 Å². The smallest absolute Gasteiger partial charge is 0.201 e. The Bertz CT molecular complexity index is 975. The first kappa shape index (κ1) is 17.5. The Balaban J connectivity index is 1.84. The maximum atomic E-state index is 13.0. The average Bonchev–Trinajstić information content (AvgIpc) is 2.63. The minimum absolute atomic E-state index is 0.0572. The molecule has 0 spiro atoms. The standard InChI is InChI=1S/C20H19NO6/c1-10-6-11-16(15(23)7-10)20(26)17-12(18(11)24)8-14(22)13(19(17)25)9-21-2-4-27-5-3-21/h6-8,22-23,25H,2-5,9H2,1H3. The Kier molecular flexibility index (Phi) is 4.13. The lowest BCUT2D eigenvalue weighted by molar-refractivity contribution is 0.0335. The van der Waals surface area contributed by atoms with Crippen molar-refractivity contribution in [3.05, 3.63) is 51.6 Å². The van der Waals surface area contributed by atoms with Crippen LogP contribution in [0.4, 0.5) is 0 Å². The van der Waals surface area contributed by atoms with Gasteiger partial charge in [0, 0.05) is 30.8 Å². The molecule has 140 valence electrons. The van der Waals surface area contributed by atoms with Gasteiger partial charge >= 0.3 is 0 Å². The van der Waals surface area contributed by atoms with Crippen LogP contribution < -0.4 is 0 Å². The van der Waals surface area contributed by atoms with E-state index in [9.17, 15) is 24.9 Å². The highest BCUT2D eigenvalue weighted by Gasteiger charge is 2.36. The zero-order valence-electron chi connectivity index (χ0n) is 14.8. The van der Waals surface area contributed by atoms with Crippen molar-refractivity contribution in [1.29, 1.82) is 0 Å². The van der Waals surface area contributed by atoms with Crippen molar-refractivity contribution >= 4 is 11.6 Å². The topological polar surface area (TPSA) is 107 Å². The molecule has 0 unspecified atom stereocenters. The number of phenols is 3. The van der Waals surface area contributed by atoms with Crippen molar-refractivity contribution < 1.29 is 29.6 Å². The van der Waals surface area contributed by atoms with Gasteiger partial charge in [0.25, 0.3) is 0 Å². The average molecular weight is 369 g/mol. The highest BCUT2D eigenvalue weighted by Crippen LogP contribution is 2.42. The molecule has 1 aliphatic heterocycles. The number of morpholine rings is 1. The van der Waals surface area contributed by atoms with E-state index in [0.717, 1.165) is 0 Å². The third kappa shape index (κ3) is 2.75. The van der Waals surface area contributed by atoms with Crippen LogP contribution in [-0.4, -0.2) is 58.1 Å². The van der Waals surface area contributed by atoms with Gasteiger partial charge in [-0.15, -0.1) is 0 Å². The molecule has 0 amide bonds. The van der Waals surface area contributed by atoms with E-state index in [1.165, 1.54) is 18.2 Å².